The van der Waals surface area contributed by atoms with Crippen LogP contribution in [0.3, 0.4) is 0 Å². The van der Waals surface area contributed by atoms with Gasteiger partial charge in [-0.25, -0.2) is 17.5 Å². The number of hydrogen-bond acceptors (Lipinski definition) is 3. The Morgan fingerprint density at radius 1 is 1.14 bits per heavy atom. The number of nitrogens with one attached hydrogen (secondary N) is 2. The lowest BCUT2D eigenvalue weighted by Crippen LogP contribution is -2.39. The van der Waals surface area contributed by atoms with Gasteiger partial charge in [-0.2, -0.15) is 0 Å². The Morgan fingerprint density at radius 3 is 2.27 bits per heavy atom. The monoisotopic (exact) mass is 330 g/mol. The Bertz CT molecular complexity index is 592. The molecule has 124 valence electrons. The molecule has 7 heteroatoms. The lowest BCUT2D eigenvalue weighted by Gasteiger charge is -2.19. The number of rotatable bonds is 7. The Hall–Kier alpha value is -1.47. The number of unbranched alkanes of at least 4 members (excludes halogenated alkanes) is 1. The number of carbonyl (C=O) groups excluding carboxylic acids is 1. The molecule has 1 rings (SSSR count). The molecule has 0 saturated carbocycles. The van der Waals surface area contributed by atoms with Gasteiger partial charge in [0.15, 0.2) is 0 Å². The number of carbonyl (C=O) groups is 1. The molecule has 2 N–H and O–H groups in total. The topological polar surface area (TPSA) is 75.3 Å². The van der Waals surface area contributed by atoms with Gasteiger partial charge >= 0.3 is 0 Å². The lowest BCUT2D eigenvalue weighted by atomic mass is 10.2. The molecule has 0 radical (unpaired) electrons. The Morgan fingerprint density at radius 2 is 1.73 bits per heavy atom. The van der Waals surface area contributed by atoms with Crippen LogP contribution in [0.15, 0.2) is 24.3 Å². The minimum Gasteiger partial charge on any atom is -0.326 e. The SMILES string of the molecule is CC(C)(C)S(=O)(=O)NCCCCC(=O)Nc1ccc(F)cc1. The first-order valence-electron chi connectivity index (χ1n) is 7.16. The maximum Gasteiger partial charge on any atom is 0.224 e. The summed E-state index contributed by atoms with van der Waals surface area (Å²) < 4.78 is 38.0. The highest BCUT2D eigenvalue weighted by Gasteiger charge is 2.27. The van der Waals surface area contributed by atoms with Crippen LogP contribution in [-0.4, -0.2) is 25.6 Å². The second-order valence-electron chi connectivity index (χ2n) is 6.02. The second kappa shape index (κ2) is 7.69. The maximum atomic E-state index is 12.7. The summed E-state index contributed by atoms with van der Waals surface area (Å²) in [5, 5.41) is 2.66. The van der Waals surface area contributed by atoms with Gasteiger partial charge < -0.3 is 5.32 Å². The van der Waals surface area contributed by atoms with E-state index in [9.17, 15) is 17.6 Å². The third kappa shape index (κ3) is 6.11. The molecule has 0 aliphatic heterocycles. The van der Waals surface area contributed by atoms with Crippen LogP contribution in [0.4, 0.5) is 10.1 Å². The molecule has 0 aliphatic carbocycles. The predicted octanol–water partition coefficient (Wildman–Crippen LogP) is 2.65. The van der Waals surface area contributed by atoms with Crippen LogP contribution in [0.2, 0.25) is 0 Å². The highest BCUT2D eigenvalue weighted by atomic mass is 32.2. The zero-order valence-electron chi connectivity index (χ0n) is 13.1. The fourth-order valence-corrected chi connectivity index (χ4v) is 2.44. The molecule has 22 heavy (non-hydrogen) atoms. The third-order valence-corrected chi connectivity index (χ3v) is 5.25. The molecule has 1 aromatic carbocycles. The number of hydrogen-bond donors (Lipinski definition) is 2. The molecule has 0 aliphatic rings. The van der Waals surface area contributed by atoms with E-state index in [1.807, 2.05) is 0 Å². The Kier molecular flexibility index (Phi) is 6.49. The maximum absolute atomic E-state index is 12.7. The fourth-order valence-electron chi connectivity index (χ4n) is 1.59. The number of halogens is 1. The van der Waals surface area contributed by atoms with Crippen LogP contribution in [0.25, 0.3) is 0 Å². The normalized spacial score (nSPS) is 12.2. The van der Waals surface area contributed by atoms with Gasteiger partial charge in [-0.3, -0.25) is 4.79 Å². The summed E-state index contributed by atoms with van der Waals surface area (Å²) in [6, 6.07) is 5.53. The summed E-state index contributed by atoms with van der Waals surface area (Å²) in [4.78, 5) is 11.7. The minimum atomic E-state index is -3.34. The van der Waals surface area contributed by atoms with Crippen LogP contribution in [0, 0.1) is 5.82 Å². The van der Waals surface area contributed by atoms with Crippen molar-refractivity contribution >= 4 is 21.6 Å². The Labute approximate surface area is 131 Å². The lowest BCUT2D eigenvalue weighted by molar-refractivity contribution is -0.116. The number of benzene rings is 1. The van der Waals surface area contributed by atoms with E-state index >= 15 is 0 Å². The van der Waals surface area contributed by atoms with Gasteiger partial charge in [0, 0.05) is 18.7 Å². The van der Waals surface area contributed by atoms with Crippen LogP contribution in [0.1, 0.15) is 40.0 Å². The molecule has 0 heterocycles. The fraction of sp³-hybridized carbons (Fsp3) is 0.533. The molecule has 0 atom stereocenters. The first-order chi connectivity index (χ1) is 10.1. The third-order valence-electron chi connectivity index (χ3n) is 3.06. The summed E-state index contributed by atoms with van der Waals surface area (Å²) >= 11 is 0. The van der Waals surface area contributed by atoms with Crippen LogP contribution < -0.4 is 10.0 Å². The Balaban J connectivity index is 2.25. The van der Waals surface area contributed by atoms with Gasteiger partial charge in [-0.1, -0.05) is 0 Å². The van der Waals surface area contributed by atoms with Crippen molar-refractivity contribution in [3.05, 3.63) is 30.1 Å². The smallest absolute Gasteiger partial charge is 0.224 e. The quantitative estimate of drug-likeness (QED) is 0.755. The van der Waals surface area contributed by atoms with E-state index in [0.29, 0.717) is 25.1 Å². The summed E-state index contributed by atoms with van der Waals surface area (Å²) in [6.45, 7) is 5.20. The zero-order chi connectivity index (χ0) is 16.8. The molecule has 5 nitrogen and oxygen atoms in total. The van der Waals surface area contributed by atoms with E-state index in [0.717, 1.165) is 0 Å². The van der Waals surface area contributed by atoms with Gasteiger partial charge in [0.1, 0.15) is 5.82 Å². The van der Waals surface area contributed by atoms with E-state index in [1.165, 1.54) is 24.3 Å². The van der Waals surface area contributed by atoms with Gasteiger partial charge in [0.05, 0.1) is 4.75 Å². The van der Waals surface area contributed by atoms with E-state index < -0.39 is 14.8 Å². The highest BCUT2D eigenvalue weighted by molar-refractivity contribution is 7.90. The van der Waals surface area contributed by atoms with Gasteiger partial charge in [0.2, 0.25) is 15.9 Å². The van der Waals surface area contributed by atoms with E-state index in [-0.39, 0.29) is 18.1 Å². The summed E-state index contributed by atoms with van der Waals surface area (Å²) in [6.07, 6.45) is 1.43. The van der Waals surface area contributed by atoms with E-state index in [1.54, 1.807) is 20.8 Å². The molecule has 0 aromatic heterocycles. The van der Waals surface area contributed by atoms with Gasteiger partial charge in [-0.05, 0) is 57.9 Å². The average Bonchev–Trinajstić information content (AvgIpc) is 2.39. The molecule has 0 fully saturated rings. The predicted molar refractivity (Wildman–Crippen MR) is 85.6 cm³/mol. The van der Waals surface area contributed by atoms with Crippen molar-refractivity contribution in [2.75, 3.05) is 11.9 Å². The van der Waals surface area contributed by atoms with E-state index in [2.05, 4.69) is 10.0 Å². The van der Waals surface area contributed by atoms with Crippen molar-refractivity contribution in [2.45, 2.75) is 44.8 Å². The number of sulfonamides is 1. The number of amides is 1. The van der Waals surface area contributed by atoms with Crippen molar-refractivity contribution in [2.24, 2.45) is 0 Å². The van der Waals surface area contributed by atoms with Crippen molar-refractivity contribution in [1.29, 1.82) is 0 Å². The molecule has 0 unspecified atom stereocenters. The molecular formula is C15H23FN2O3S. The summed E-state index contributed by atoms with van der Waals surface area (Å²) in [5.41, 5.74) is 0.542. The molecule has 0 spiro atoms. The molecule has 1 amide bonds. The summed E-state index contributed by atoms with van der Waals surface area (Å²) in [5.74, 6) is -0.533. The summed E-state index contributed by atoms with van der Waals surface area (Å²) in [7, 11) is -3.34. The average molecular weight is 330 g/mol. The second-order valence-corrected chi connectivity index (χ2v) is 8.54. The van der Waals surface area contributed by atoms with Crippen molar-refractivity contribution < 1.29 is 17.6 Å². The van der Waals surface area contributed by atoms with Gasteiger partial charge in [-0.15, -0.1) is 0 Å². The molecule has 0 saturated heterocycles. The largest absolute Gasteiger partial charge is 0.326 e. The van der Waals surface area contributed by atoms with Crippen LogP contribution in [-0.2, 0) is 14.8 Å². The minimum absolute atomic E-state index is 0.176. The standard InChI is InChI=1S/C15H23FN2O3S/c1-15(2,3)22(20,21)17-11-5-4-6-14(19)18-13-9-7-12(16)8-10-13/h7-10,17H,4-6,11H2,1-3H3,(H,18,19). The molecule has 1 aromatic rings. The van der Waals surface area contributed by atoms with Crippen molar-refractivity contribution in [3.63, 3.8) is 0 Å². The first-order valence-corrected chi connectivity index (χ1v) is 8.65. The van der Waals surface area contributed by atoms with Crippen LogP contribution >= 0.6 is 0 Å². The van der Waals surface area contributed by atoms with Crippen LogP contribution in [0.5, 0.6) is 0 Å². The van der Waals surface area contributed by atoms with E-state index in [4.69, 9.17) is 0 Å². The first kappa shape index (κ1) is 18.6. The zero-order valence-corrected chi connectivity index (χ0v) is 14.0. The molecule has 0 bridgehead atoms. The van der Waals surface area contributed by atoms with Crippen molar-refractivity contribution in [1.82, 2.24) is 4.72 Å². The number of anilines is 1. The highest BCUT2D eigenvalue weighted by Crippen LogP contribution is 2.13. The van der Waals surface area contributed by atoms with Crippen molar-refractivity contribution in [3.8, 4) is 0 Å². The van der Waals surface area contributed by atoms with Gasteiger partial charge in [0.25, 0.3) is 0 Å². The molecular weight excluding hydrogens is 307 g/mol.